The molecule has 0 heterocycles. The van der Waals surface area contributed by atoms with Crippen LogP contribution in [0.4, 0.5) is 5.69 Å². The smallest absolute Gasteiger partial charge is 0.335 e. The van der Waals surface area contributed by atoms with Crippen LogP contribution in [0.25, 0.3) is 6.08 Å². The first-order valence-electron chi connectivity index (χ1n) is 10.4. The molecule has 0 aromatic heterocycles. The Labute approximate surface area is 212 Å². The van der Waals surface area contributed by atoms with Crippen molar-refractivity contribution in [2.75, 3.05) is 11.9 Å². The molecular formula is C26H20Cl2N2O5. The molecule has 0 spiro atoms. The molecule has 35 heavy (non-hydrogen) atoms. The average molecular weight is 511 g/mol. The molecule has 1 amide bonds. The zero-order chi connectivity index (χ0) is 25.4. The number of aromatic carboxylic acids is 1. The molecule has 3 rings (SSSR count). The van der Waals surface area contributed by atoms with E-state index in [0.29, 0.717) is 33.7 Å². The Morgan fingerprint density at radius 1 is 1.03 bits per heavy atom. The highest BCUT2D eigenvalue weighted by Gasteiger charge is 2.13. The molecule has 0 atom stereocenters. The number of anilines is 1. The van der Waals surface area contributed by atoms with Crippen molar-refractivity contribution in [3.63, 3.8) is 0 Å². The molecule has 178 valence electrons. The van der Waals surface area contributed by atoms with E-state index in [4.69, 9.17) is 37.8 Å². The number of carboxylic acids is 1. The predicted octanol–water partition coefficient (Wildman–Crippen LogP) is 6.21. The molecule has 0 aliphatic carbocycles. The summed E-state index contributed by atoms with van der Waals surface area (Å²) in [6, 6.07) is 17.8. The van der Waals surface area contributed by atoms with Crippen molar-refractivity contribution in [3.05, 3.63) is 93.0 Å². The van der Waals surface area contributed by atoms with Gasteiger partial charge in [0.25, 0.3) is 5.91 Å². The molecule has 0 unspecified atom stereocenters. The number of hydrogen-bond acceptors (Lipinski definition) is 5. The number of carbonyl (C=O) groups is 2. The van der Waals surface area contributed by atoms with Crippen LogP contribution >= 0.6 is 23.2 Å². The van der Waals surface area contributed by atoms with Gasteiger partial charge >= 0.3 is 5.97 Å². The second kappa shape index (κ2) is 11.9. The van der Waals surface area contributed by atoms with Crippen LogP contribution in [-0.4, -0.2) is 23.6 Å². The lowest BCUT2D eigenvalue weighted by atomic mass is 10.1. The zero-order valence-corrected chi connectivity index (χ0v) is 20.1. The van der Waals surface area contributed by atoms with Crippen molar-refractivity contribution in [2.24, 2.45) is 0 Å². The number of nitriles is 1. The van der Waals surface area contributed by atoms with E-state index < -0.39 is 11.9 Å². The SMILES string of the molecule is CCOc1cc(/C=C(/C#N)C(=O)Nc2cccc(C(=O)O)c2)ccc1OCc1ccc(Cl)c(Cl)c1. The number of rotatable bonds is 9. The average Bonchev–Trinajstić information content (AvgIpc) is 2.84. The van der Waals surface area contributed by atoms with Gasteiger partial charge in [-0.05, 0) is 66.6 Å². The lowest BCUT2D eigenvalue weighted by Gasteiger charge is -2.13. The van der Waals surface area contributed by atoms with Crippen molar-refractivity contribution < 1.29 is 24.2 Å². The van der Waals surface area contributed by atoms with Gasteiger partial charge in [0, 0.05) is 5.69 Å². The predicted molar refractivity (Wildman–Crippen MR) is 134 cm³/mol. The summed E-state index contributed by atoms with van der Waals surface area (Å²) in [7, 11) is 0. The van der Waals surface area contributed by atoms with Crippen LogP contribution in [0.5, 0.6) is 11.5 Å². The van der Waals surface area contributed by atoms with Gasteiger partial charge < -0.3 is 19.9 Å². The number of amides is 1. The highest BCUT2D eigenvalue weighted by Crippen LogP contribution is 2.31. The Hall–Kier alpha value is -3.99. The summed E-state index contributed by atoms with van der Waals surface area (Å²) in [5.41, 5.74) is 1.47. The fourth-order valence-electron chi connectivity index (χ4n) is 3.04. The number of ether oxygens (including phenoxy) is 2. The second-order valence-electron chi connectivity index (χ2n) is 7.19. The van der Waals surface area contributed by atoms with Crippen LogP contribution in [0.1, 0.15) is 28.4 Å². The normalized spacial score (nSPS) is 10.9. The lowest BCUT2D eigenvalue weighted by Crippen LogP contribution is -2.14. The van der Waals surface area contributed by atoms with Crippen LogP contribution in [0.15, 0.2) is 66.2 Å². The number of carbonyl (C=O) groups excluding carboxylic acids is 1. The van der Waals surface area contributed by atoms with Crippen molar-refractivity contribution in [1.29, 1.82) is 5.26 Å². The van der Waals surface area contributed by atoms with Gasteiger partial charge in [0.2, 0.25) is 0 Å². The third-order valence-electron chi connectivity index (χ3n) is 4.69. The van der Waals surface area contributed by atoms with Gasteiger partial charge in [-0.15, -0.1) is 0 Å². The molecule has 2 N–H and O–H groups in total. The number of benzene rings is 3. The molecule has 0 saturated carbocycles. The van der Waals surface area contributed by atoms with Crippen LogP contribution in [0.2, 0.25) is 10.0 Å². The Bertz CT molecular complexity index is 1330. The molecule has 3 aromatic carbocycles. The maximum absolute atomic E-state index is 12.6. The molecule has 0 bridgehead atoms. The van der Waals surface area contributed by atoms with Gasteiger partial charge in [-0.2, -0.15) is 5.26 Å². The van der Waals surface area contributed by atoms with Gasteiger partial charge in [0.05, 0.1) is 22.2 Å². The quantitative estimate of drug-likeness (QED) is 0.261. The molecule has 0 saturated heterocycles. The first kappa shape index (κ1) is 25.6. The molecule has 3 aromatic rings. The maximum Gasteiger partial charge on any atom is 0.335 e. The van der Waals surface area contributed by atoms with E-state index in [1.807, 2.05) is 13.0 Å². The molecule has 0 aliphatic rings. The highest BCUT2D eigenvalue weighted by molar-refractivity contribution is 6.42. The lowest BCUT2D eigenvalue weighted by molar-refractivity contribution is -0.112. The Morgan fingerprint density at radius 3 is 2.51 bits per heavy atom. The summed E-state index contributed by atoms with van der Waals surface area (Å²) in [6.45, 7) is 2.43. The van der Waals surface area contributed by atoms with Crippen molar-refractivity contribution in [2.45, 2.75) is 13.5 Å². The largest absolute Gasteiger partial charge is 0.490 e. The monoisotopic (exact) mass is 510 g/mol. The summed E-state index contributed by atoms with van der Waals surface area (Å²) in [5.74, 6) is -0.883. The summed E-state index contributed by atoms with van der Waals surface area (Å²) in [5, 5.41) is 22.0. The molecular weight excluding hydrogens is 491 g/mol. The van der Waals surface area contributed by atoms with E-state index in [0.717, 1.165) is 5.56 Å². The summed E-state index contributed by atoms with van der Waals surface area (Å²) in [6.07, 6.45) is 1.40. The Balaban J connectivity index is 1.78. The fourth-order valence-corrected chi connectivity index (χ4v) is 3.36. The minimum absolute atomic E-state index is 0.0168. The van der Waals surface area contributed by atoms with Gasteiger partial charge in [0.15, 0.2) is 11.5 Å². The van der Waals surface area contributed by atoms with Crippen LogP contribution in [-0.2, 0) is 11.4 Å². The Morgan fingerprint density at radius 2 is 1.83 bits per heavy atom. The first-order chi connectivity index (χ1) is 16.8. The minimum Gasteiger partial charge on any atom is -0.490 e. The van der Waals surface area contributed by atoms with Crippen molar-refractivity contribution in [1.82, 2.24) is 0 Å². The van der Waals surface area contributed by atoms with Gasteiger partial charge in [0.1, 0.15) is 18.2 Å². The molecule has 0 aliphatic heterocycles. The van der Waals surface area contributed by atoms with Crippen molar-refractivity contribution in [3.8, 4) is 17.6 Å². The topological polar surface area (TPSA) is 109 Å². The molecule has 0 fully saturated rings. The number of nitrogens with one attached hydrogen (secondary N) is 1. The first-order valence-corrected chi connectivity index (χ1v) is 11.2. The molecule has 7 nitrogen and oxygen atoms in total. The zero-order valence-electron chi connectivity index (χ0n) is 18.5. The Kier molecular flexibility index (Phi) is 8.74. The fraction of sp³-hybridized carbons (Fsp3) is 0.115. The molecule has 0 radical (unpaired) electrons. The van der Waals surface area contributed by atoms with Gasteiger partial charge in [-0.3, -0.25) is 4.79 Å². The number of halogens is 2. The highest BCUT2D eigenvalue weighted by atomic mass is 35.5. The number of carboxylic acid groups (broad SMARTS) is 1. The van der Waals surface area contributed by atoms with E-state index in [9.17, 15) is 14.9 Å². The maximum atomic E-state index is 12.6. The summed E-state index contributed by atoms with van der Waals surface area (Å²) >= 11 is 12.0. The third kappa shape index (κ3) is 7.00. The van der Waals surface area contributed by atoms with E-state index in [1.165, 1.54) is 30.3 Å². The van der Waals surface area contributed by atoms with E-state index >= 15 is 0 Å². The number of hydrogen-bond donors (Lipinski definition) is 2. The number of nitrogens with zero attached hydrogens (tertiary/aromatic N) is 1. The van der Waals surface area contributed by atoms with E-state index in [-0.39, 0.29) is 23.4 Å². The van der Waals surface area contributed by atoms with Gasteiger partial charge in [-0.1, -0.05) is 41.4 Å². The summed E-state index contributed by atoms with van der Waals surface area (Å²) in [4.78, 5) is 23.7. The third-order valence-corrected chi connectivity index (χ3v) is 5.43. The van der Waals surface area contributed by atoms with Gasteiger partial charge in [-0.25, -0.2) is 4.79 Å². The standard InChI is InChI=1S/C26H20Cl2N2O5/c1-2-34-24-12-16(7-9-23(24)35-15-17-6-8-21(27)22(28)11-17)10-19(14-29)25(31)30-20-5-3-4-18(13-20)26(32)33/h3-13H,2,15H2,1H3,(H,30,31)(H,32,33)/b19-10-. The summed E-state index contributed by atoms with van der Waals surface area (Å²) < 4.78 is 11.5. The molecule has 9 heteroatoms. The van der Waals surface area contributed by atoms with Crippen LogP contribution in [0.3, 0.4) is 0 Å². The second-order valence-corrected chi connectivity index (χ2v) is 8.00. The van der Waals surface area contributed by atoms with E-state index in [2.05, 4.69) is 5.32 Å². The van der Waals surface area contributed by atoms with Crippen LogP contribution in [0, 0.1) is 11.3 Å². The van der Waals surface area contributed by atoms with Crippen LogP contribution < -0.4 is 14.8 Å². The van der Waals surface area contributed by atoms with E-state index in [1.54, 1.807) is 36.4 Å². The minimum atomic E-state index is -1.12. The van der Waals surface area contributed by atoms with Crippen molar-refractivity contribution >= 4 is 46.8 Å².